The van der Waals surface area contributed by atoms with Crippen molar-refractivity contribution in [1.82, 2.24) is 9.78 Å². The van der Waals surface area contributed by atoms with E-state index in [1.165, 1.54) is 10.7 Å². The Hall–Kier alpha value is -2.54. The predicted molar refractivity (Wildman–Crippen MR) is 79.4 cm³/mol. The number of aromatic carboxylic acids is 1. The van der Waals surface area contributed by atoms with Crippen LogP contribution in [0, 0.1) is 0 Å². The Morgan fingerprint density at radius 3 is 2.50 bits per heavy atom. The van der Waals surface area contributed by atoms with Gasteiger partial charge in [0.2, 0.25) is 0 Å². The van der Waals surface area contributed by atoms with E-state index in [0.29, 0.717) is 29.4 Å². The summed E-state index contributed by atoms with van der Waals surface area (Å²) in [7, 11) is 6.36. The van der Waals surface area contributed by atoms with Crippen LogP contribution in [0.2, 0.25) is 0 Å². The van der Waals surface area contributed by atoms with Gasteiger partial charge in [0.15, 0.2) is 5.69 Å². The number of aryl methyl sites for hydroxylation is 1. The standard InChI is InChI=1S/C15H18N2O5/c1-17-11(7-10(16-17)15(18)19)13-12(21-3)6-5-9(8-20-2)14(13)22-4/h5-7H,8H2,1-4H3,(H,18,19). The molecule has 118 valence electrons. The molecule has 1 aromatic carbocycles. The van der Waals surface area contributed by atoms with Crippen molar-refractivity contribution in [2.24, 2.45) is 7.05 Å². The topological polar surface area (TPSA) is 82.8 Å². The highest BCUT2D eigenvalue weighted by Crippen LogP contribution is 2.41. The van der Waals surface area contributed by atoms with Crippen LogP contribution >= 0.6 is 0 Å². The Morgan fingerprint density at radius 1 is 1.27 bits per heavy atom. The molecule has 0 radical (unpaired) electrons. The van der Waals surface area contributed by atoms with E-state index in [9.17, 15) is 4.79 Å². The van der Waals surface area contributed by atoms with Crippen LogP contribution in [0.4, 0.5) is 0 Å². The quantitative estimate of drug-likeness (QED) is 0.878. The van der Waals surface area contributed by atoms with E-state index in [1.54, 1.807) is 34.4 Å². The van der Waals surface area contributed by atoms with Crippen molar-refractivity contribution in [2.75, 3.05) is 21.3 Å². The molecule has 0 aliphatic heterocycles. The van der Waals surface area contributed by atoms with Crippen molar-refractivity contribution in [2.45, 2.75) is 6.61 Å². The molecule has 7 heteroatoms. The number of hydrogen-bond acceptors (Lipinski definition) is 5. The molecule has 1 heterocycles. The van der Waals surface area contributed by atoms with Crippen molar-refractivity contribution in [1.29, 1.82) is 0 Å². The average molecular weight is 306 g/mol. The lowest BCUT2D eigenvalue weighted by Crippen LogP contribution is -2.02. The second-order valence-electron chi connectivity index (χ2n) is 4.61. The summed E-state index contributed by atoms with van der Waals surface area (Å²) in [6.07, 6.45) is 0. The van der Waals surface area contributed by atoms with Gasteiger partial charge in [-0.15, -0.1) is 0 Å². The van der Waals surface area contributed by atoms with Gasteiger partial charge < -0.3 is 19.3 Å². The van der Waals surface area contributed by atoms with E-state index in [2.05, 4.69) is 5.10 Å². The number of aromatic nitrogens is 2. The first-order valence-electron chi connectivity index (χ1n) is 6.54. The third-order valence-electron chi connectivity index (χ3n) is 3.28. The maximum Gasteiger partial charge on any atom is 0.356 e. The highest BCUT2D eigenvalue weighted by atomic mass is 16.5. The lowest BCUT2D eigenvalue weighted by atomic mass is 10.0. The maximum absolute atomic E-state index is 11.1. The minimum atomic E-state index is -1.09. The summed E-state index contributed by atoms with van der Waals surface area (Å²) in [5.41, 5.74) is 2.02. The lowest BCUT2D eigenvalue weighted by Gasteiger charge is -2.16. The normalized spacial score (nSPS) is 10.5. The molecule has 0 aliphatic carbocycles. The SMILES string of the molecule is COCc1ccc(OC)c(-c2cc(C(=O)O)nn2C)c1OC. The number of hydrogen-bond donors (Lipinski definition) is 1. The van der Waals surface area contributed by atoms with Crippen LogP contribution in [0.5, 0.6) is 11.5 Å². The zero-order valence-corrected chi connectivity index (χ0v) is 12.9. The Labute approximate surface area is 128 Å². The van der Waals surface area contributed by atoms with Crippen molar-refractivity contribution in [3.05, 3.63) is 29.5 Å². The monoisotopic (exact) mass is 306 g/mol. The van der Waals surface area contributed by atoms with Gasteiger partial charge in [-0.25, -0.2) is 4.79 Å². The predicted octanol–water partition coefficient (Wildman–Crippen LogP) is 1.95. The Bertz CT molecular complexity index is 693. The fraction of sp³-hybridized carbons (Fsp3) is 0.333. The summed E-state index contributed by atoms with van der Waals surface area (Å²) < 4.78 is 17.6. The summed E-state index contributed by atoms with van der Waals surface area (Å²) in [5, 5.41) is 13.1. The van der Waals surface area contributed by atoms with E-state index < -0.39 is 5.97 Å². The Kier molecular flexibility index (Phi) is 4.67. The van der Waals surface area contributed by atoms with Crippen LogP contribution in [-0.4, -0.2) is 42.2 Å². The lowest BCUT2D eigenvalue weighted by molar-refractivity contribution is 0.0689. The molecule has 7 nitrogen and oxygen atoms in total. The van der Waals surface area contributed by atoms with Gasteiger partial charge in [-0.2, -0.15) is 5.10 Å². The average Bonchev–Trinajstić information content (AvgIpc) is 2.89. The molecule has 2 aromatic rings. The first-order chi connectivity index (χ1) is 10.5. The molecule has 1 N–H and O–H groups in total. The van der Waals surface area contributed by atoms with Gasteiger partial charge >= 0.3 is 5.97 Å². The number of methoxy groups -OCH3 is 3. The smallest absolute Gasteiger partial charge is 0.356 e. The van der Waals surface area contributed by atoms with Crippen molar-refractivity contribution >= 4 is 5.97 Å². The number of ether oxygens (including phenoxy) is 3. The number of carboxylic acid groups (broad SMARTS) is 1. The number of carboxylic acids is 1. The second kappa shape index (κ2) is 6.48. The third-order valence-corrected chi connectivity index (χ3v) is 3.28. The number of nitrogens with zero attached hydrogens (tertiary/aromatic N) is 2. The van der Waals surface area contributed by atoms with Crippen molar-refractivity contribution in [3.8, 4) is 22.8 Å². The Morgan fingerprint density at radius 2 is 2.00 bits per heavy atom. The molecule has 22 heavy (non-hydrogen) atoms. The zero-order valence-electron chi connectivity index (χ0n) is 12.9. The van der Waals surface area contributed by atoms with Crippen LogP contribution in [0.1, 0.15) is 16.1 Å². The van der Waals surface area contributed by atoms with Gasteiger partial charge in [0.25, 0.3) is 0 Å². The van der Waals surface area contributed by atoms with Gasteiger partial charge in [-0.05, 0) is 18.2 Å². The minimum absolute atomic E-state index is 0.0428. The van der Waals surface area contributed by atoms with E-state index in [1.807, 2.05) is 6.07 Å². The minimum Gasteiger partial charge on any atom is -0.496 e. The van der Waals surface area contributed by atoms with Crippen LogP contribution < -0.4 is 9.47 Å². The van der Waals surface area contributed by atoms with Gasteiger partial charge in [0.05, 0.1) is 32.1 Å². The Balaban J connectivity index is 2.71. The fourth-order valence-corrected chi connectivity index (χ4v) is 2.33. The van der Waals surface area contributed by atoms with Crippen LogP contribution in [0.25, 0.3) is 11.3 Å². The molecule has 0 aliphatic rings. The summed E-state index contributed by atoms with van der Waals surface area (Å²) in [4.78, 5) is 11.1. The summed E-state index contributed by atoms with van der Waals surface area (Å²) in [6.45, 7) is 0.365. The fourth-order valence-electron chi connectivity index (χ4n) is 2.33. The highest BCUT2D eigenvalue weighted by Gasteiger charge is 2.22. The first-order valence-corrected chi connectivity index (χ1v) is 6.54. The van der Waals surface area contributed by atoms with Crippen LogP contribution in [0.15, 0.2) is 18.2 Å². The van der Waals surface area contributed by atoms with Crippen molar-refractivity contribution in [3.63, 3.8) is 0 Å². The second-order valence-corrected chi connectivity index (χ2v) is 4.61. The third kappa shape index (κ3) is 2.75. The van der Waals surface area contributed by atoms with Crippen molar-refractivity contribution < 1.29 is 24.1 Å². The van der Waals surface area contributed by atoms with Crippen LogP contribution in [0.3, 0.4) is 0 Å². The molecule has 0 unspecified atom stereocenters. The molecular weight excluding hydrogens is 288 g/mol. The molecule has 0 fully saturated rings. The zero-order chi connectivity index (χ0) is 16.3. The molecular formula is C15H18N2O5. The van der Waals surface area contributed by atoms with Crippen LogP contribution in [-0.2, 0) is 18.4 Å². The largest absolute Gasteiger partial charge is 0.496 e. The van der Waals surface area contributed by atoms with Gasteiger partial charge in [0.1, 0.15) is 11.5 Å². The molecule has 0 bridgehead atoms. The molecule has 2 rings (SSSR count). The molecule has 0 saturated heterocycles. The number of carbonyl (C=O) groups is 1. The first kappa shape index (κ1) is 15.8. The maximum atomic E-state index is 11.1. The molecule has 0 amide bonds. The van der Waals surface area contributed by atoms with Gasteiger partial charge in [-0.3, -0.25) is 4.68 Å². The van der Waals surface area contributed by atoms with Gasteiger partial charge in [-0.1, -0.05) is 0 Å². The van der Waals surface area contributed by atoms with E-state index in [-0.39, 0.29) is 5.69 Å². The molecule has 0 atom stereocenters. The highest BCUT2D eigenvalue weighted by molar-refractivity contribution is 5.88. The molecule has 1 aromatic heterocycles. The molecule has 0 spiro atoms. The summed E-state index contributed by atoms with van der Waals surface area (Å²) in [6, 6.07) is 5.12. The number of benzene rings is 1. The van der Waals surface area contributed by atoms with E-state index in [4.69, 9.17) is 19.3 Å². The van der Waals surface area contributed by atoms with E-state index >= 15 is 0 Å². The molecule has 0 saturated carbocycles. The van der Waals surface area contributed by atoms with Gasteiger partial charge in [0, 0.05) is 19.7 Å². The summed E-state index contributed by atoms with van der Waals surface area (Å²) in [5.74, 6) is 0.0469. The number of rotatable bonds is 6. The van der Waals surface area contributed by atoms with E-state index in [0.717, 1.165) is 5.56 Å². The summed E-state index contributed by atoms with van der Waals surface area (Å²) >= 11 is 0.